The second kappa shape index (κ2) is 4.79. The molecule has 4 heteroatoms. The maximum atomic E-state index is 13.7. The van der Waals surface area contributed by atoms with Gasteiger partial charge in [-0.2, -0.15) is 0 Å². The number of carboxylic acids is 1. The highest BCUT2D eigenvalue weighted by Crippen LogP contribution is 2.18. The second-order valence-corrected chi connectivity index (χ2v) is 3.66. The van der Waals surface area contributed by atoms with Gasteiger partial charge in [-0.15, -0.1) is 0 Å². The molecule has 0 aromatic heterocycles. The molecule has 0 aliphatic rings. The zero-order valence-electron chi connectivity index (χ0n) is 9.26. The molecule has 2 aromatic carbocycles. The van der Waals surface area contributed by atoms with Crippen LogP contribution >= 0.6 is 0 Å². The maximum Gasteiger partial charge on any atom is 0.336 e. The fourth-order valence-electron chi connectivity index (χ4n) is 1.67. The van der Waals surface area contributed by atoms with Crippen molar-refractivity contribution >= 4 is 11.8 Å². The summed E-state index contributed by atoms with van der Waals surface area (Å²) in [6.45, 7) is 0. The Kier molecular flexibility index (Phi) is 3.19. The van der Waals surface area contributed by atoms with Gasteiger partial charge >= 0.3 is 5.97 Å². The molecular weight excluding hydrogens is 235 g/mol. The predicted molar refractivity (Wildman–Crippen MR) is 63.2 cm³/mol. The topological polar surface area (TPSA) is 54.4 Å². The first kappa shape index (κ1) is 12.0. The minimum atomic E-state index is -1.33. The number of ketones is 1. The van der Waals surface area contributed by atoms with Gasteiger partial charge < -0.3 is 5.11 Å². The van der Waals surface area contributed by atoms with Crippen molar-refractivity contribution < 1.29 is 19.1 Å². The SMILES string of the molecule is O=C(O)c1cccc(F)c1C(=O)c1ccccc1. The van der Waals surface area contributed by atoms with Crippen LogP contribution in [0.5, 0.6) is 0 Å². The predicted octanol–water partition coefficient (Wildman–Crippen LogP) is 2.75. The van der Waals surface area contributed by atoms with E-state index in [2.05, 4.69) is 0 Å². The average Bonchev–Trinajstić information content (AvgIpc) is 2.38. The third-order valence-electron chi connectivity index (χ3n) is 2.51. The van der Waals surface area contributed by atoms with Crippen molar-refractivity contribution in [3.63, 3.8) is 0 Å². The summed E-state index contributed by atoms with van der Waals surface area (Å²) < 4.78 is 13.7. The van der Waals surface area contributed by atoms with Crippen LogP contribution in [0, 0.1) is 5.82 Å². The molecular formula is C14H9FO3. The summed E-state index contributed by atoms with van der Waals surface area (Å²) in [4.78, 5) is 23.1. The quantitative estimate of drug-likeness (QED) is 0.844. The lowest BCUT2D eigenvalue weighted by molar-refractivity contribution is 0.0692. The van der Waals surface area contributed by atoms with E-state index in [-0.39, 0.29) is 11.1 Å². The van der Waals surface area contributed by atoms with Crippen LogP contribution in [-0.4, -0.2) is 16.9 Å². The molecule has 0 atom stereocenters. The largest absolute Gasteiger partial charge is 0.478 e. The molecule has 0 spiro atoms. The first-order valence-electron chi connectivity index (χ1n) is 5.23. The minimum Gasteiger partial charge on any atom is -0.478 e. The van der Waals surface area contributed by atoms with E-state index in [9.17, 15) is 14.0 Å². The van der Waals surface area contributed by atoms with Crippen LogP contribution in [-0.2, 0) is 0 Å². The summed E-state index contributed by atoms with van der Waals surface area (Å²) in [6, 6.07) is 11.6. The smallest absolute Gasteiger partial charge is 0.336 e. The highest BCUT2D eigenvalue weighted by molar-refractivity contribution is 6.14. The van der Waals surface area contributed by atoms with E-state index in [4.69, 9.17) is 5.11 Å². The third-order valence-corrected chi connectivity index (χ3v) is 2.51. The molecule has 0 heterocycles. The van der Waals surface area contributed by atoms with E-state index in [1.165, 1.54) is 24.3 Å². The summed E-state index contributed by atoms with van der Waals surface area (Å²) >= 11 is 0. The summed E-state index contributed by atoms with van der Waals surface area (Å²) in [5.74, 6) is -2.79. The summed E-state index contributed by atoms with van der Waals surface area (Å²) in [7, 11) is 0. The van der Waals surface area contributed by atoms with E-state index >= 15 is 0 Å². The second-order valence-electron chi connectivity index (χ2n) is 3.66. The Bertz CT molecular complexity index is 606. The van der Waals surface area contributed by atoms with Crippen LogP contribution < -0.4 is 0 Å². The highest BCUT2D eigenvalue weighted by atomic mass is 19.1. The van der Waals surface area contributed by atoms with Gasteiger partial charge in [0.2, 0.25) is 0 Å². The first-order valence-corrected chi connectivity index (χ1v) is 5.23. The molecule has 0 saturated heterocycles. The monoisotopic (exact) mass is 244 g/mol. The van der Waals surface area contributed by atoms with E-state index in [1.807, 2.05) is 0 Å². The summed E-state index contributed by atoms with van der Waals surface area (Å²) in [6.07, 6.45) is 0. The van der Waals surface area contributed by atoms with Gasteiger partial charge in [0.15, 0.2) is 5.78 Å². The van der Waals surface area contributed by atoms with E-state index in [0.717, 1.165) is 6.07 Å². The van der Waals surface area contributed by atoms with E-state index in [0.29, 0.717) is 0 Å². The third kappa shape index (κ3) is 2.13. The molecule has 0 aliphatic carbocycles. The zero-order valence-corrected chi connectivity index (χ0v) is 9.26. The molecule has 2 rings (SSSR count). The Morgan fingerprint density at radius 2 is 1.61 bits per heavy atom. The average molecular weight is 244 g/mol. The number of hydrogen-bond donors (Lipinski definition) is 1. The maximum absolute atomic E-state index is 13.7. The van der Waals surface area contributed by atoms with Crippen molar-refractivity contribution in [2.24, 2.45) is 0 Å². The first-order chi connectivity index (χ1) is 8.61. The lowest BCUT2D eigenvalue weighted by Crippen LogP contribution is -2.12. The van der Waals surface area contributed by atoms with Crippen molar-refractivity contribution in [2.45, 2.75) is 0 Å². The number of carbonyl (C=O) groups excluding carboxylic acids is 1. The Morgan fingerprint density at radius 1 is 0.944 bits per heavy atom. The van der Waals surface area contributed by atoms with Gasteiger partial charge in [-0.1, -0.05) is 36.4 Å². The van der Waals surface area contributed by atoms with E-state index < -0.39 is 23.1 Å². The molecule has 0 fully saturated rings. The van der Waals surface area contributed by atoms with Crippen molar-refractivity contribution in [1.29, 1.82) is 0 Å². The van der Waals surface area contributed by atoms with Gasteiger partial charge in [-0.3, -0.25) is 4.79 Å². The molecule has 3 nitrogen and oxygen atoms in total. The fourth-order valence-corrected chi connectivity index (χ4v) is 1.67. The number of hydrogen-bond acceptors (Lipinski definition) is 2. The molecule has 18 heavy (non-hydrogen) atoms. The molecule has 0 bridgehead atoms. The van der Waals surface area contributed by atoms with Crippen LogP contribution in [0.4, 0.5) is 4.39 Å². The van der Waals surface area contributed by atoms with Gasteiger partial charge in [0.25, 0.3) is 0 Å². The Balaban J connectivity index is 2.58. The standard InChI is InChI=1S/C14H9FO3/c15-11-8-4-7-10(14(17)18)12(11)13(16)9-5-2-1-3-6-9/h1-8H,(H,17,18). The fraction of sp³-hybridized carbons (Fsp3) is 0. The van der Waals surface area contributed by atoms with Crippen molar-refractivity contribution in [2.75, 3.05) is 0 Å². The molecule has 0 aliphatic heterocycles. The minimum absolute atomic E-state index is 0.255. The van der Waals surface area contributed by atoms with Gasteiger partial charge in [0.05, 0.1) is 11.1 Å². The van der Waals surface area contributed by atoms with Crippen molar-refractivity contribution in [3.05, 3.63) is 71.0 Å². The number of rotatable bonds is 3. The lowest BCUT2D eigenvalue weighted by atomic mass is 9.98. The van der Waals surface area contributed by atoms with Crippen LogP contribution in [0.3, 0.4) is 0 Å². The number of carboxylic acid groups (broad SMARTS) is 1. The van der Waals surface area contributed by atoms with Gasteiger partial charge in [-0.25, -0.2) is 9.18 Å². The number of benzene rings is 2. The molecule has 1 N–H and O–H groups in total. The van der Waals surface area contributed by atoms with Crippen molar-refractivity contribution in [3.8, 4) is 0 Å². The van der Waals surface area contributed by atoms with Gasteiger partial charge in [0, 0.05) is 5.56 Å². The number of halogens is 1. The molecule has 2 aromatic rings. The Morgan fingerprint density at radius 3 is 2.22 bits per heavy atom. The number of aromatic carboxylic acids is 1. The van der Waals surface area contributed by atoms with Gasteiger partial charge in [-0.05, 0) is 12.1 Å². The van der Waals surface area contributed by atoms with E-state index in [1.54, 1.807) is 18.2 Å². The molecule has 0 saturated carbocycles. The normalized spacial score (nSPS) is 10.1. The zero-order chi connectivity index (χ0) is 13.1. The molecule has 90 valence electrons. The van der Waals surface area contributed by atoms with Crippen LogP contribution in [0.2, 0.25) is 0 Å². The highest BCUT2D eigenvalue weighted by Gasteiger charge is 2.21. The lowest BCUT2D eigenvalue weighted by Gasteiger charge is -2.06. The molecule has 0 radical (unpaired) electrons. The van der Waals surface area contributed by atoms with Gasteiger partial charge in [0.1, 0.15) is 5.82 Å². The Labute approximate surface area is 103 Å². The summed E-state index contributed by atoms with van der Waals surface area (Å²) in [5, 5.41) is 8.97. The molecule has 0 unspecified atom stereocenters. The summed E-state index contributed by atoms with van der Waals surface area (Å²) in [5.41, 5.74) is -0.481. The Hall–Kier alpha value is -2.49. The molecule has 0 amide bonds. The van der Waals surface area contributed by atoms with Crippen molar-refractivity contribution in [1.82, 2.24) is 0 Å². The number of carbonyl (C=O) groups is 2. The van der Waals surface area contributed by atoms with Crippen LogP contribution in [0.1, 0.15) is 26.3 Å². The van der Waals surface area contributed by atoms with Crippen LogP contribution in [0.25, 0.3) is 0 Å². The van der Waals surface area contributed by atoms with Crippen LogP contribution in [0.15, 0.2) is 48.5 Å².